The number of allylic oxidation sites excluding steroid dienone is 1. The van der Waals surface area contributed by atoms with Gasteiger partial charge in [0.05, 0.1) is 4.92 Å². The van der Waals surface area contributed by atoms with Gasteiger partial charge in [-0.25, -0.2) is 0 Å². The van der Waals surface area contributed by atoms with E-state index >= 15 is 0 Å². The summed E-state index contributed by atoms with van der Waals surface area (Å²) in [7, 11) is 0. The molecule has 0 unspecified atom stereocenters. The second-order valence-corrected chi connectivity index (χ2v) is 5.84. The Morgan fingerprint density at radius 3 is 2.46 bits per heavy atom. The van der Waals surface area contributed by atoms with E-state index in [1.54, 1.807) is 18.3 Å². The zero-order valence-electron chi connectivity index (χ0n) is 13.2. The first-order valence-electron chi connectivity index (χ1n) is 7.97. The fourth-order valence-electron chi connectivity index (χ4n) is 2.88. The molecule has 3 rings (SSSR count). The average molecular weight is 322 g/mol. The lowest BCUT2D eigenvalue weighted by Crippen LogP contribution is -2.05. The Morgan fingerprint density at radius 2 is 1.75 bits per heavy atom. The third-order valence-electron chi connectivity index (χ3n) is 4.20. The number of fused-ring (bicyclic) bond motifs is 1. The Labute approximate surface area is 140 Å². The van der Waals surface area contributed by atoms with Gasteiger partial charge in [-0.05, 0) is 55.0 Å². The van der Waals surface area contributed by atoms with Crippen molar-refractivity contribution in [2.45, 2.75) is 25.7 Å². The van der Waals surface area contributed by atoms with Gasteiger partial charge in [-0.2, -0.15) is 0 Å². The van der Waals surface area contributed by atoms with E-state index in [1.807, 2.05) is 12.1 Å². The van der Waals surface area contributed by atoms with Crippen LogP contribution in [0.4, 0.5) is 11.4 Å². The number of rotatable bonds is 5. The summed E-state index contributed by atoms with van der Waals surface area (Å²) in [6.07, 6.45) is 7.58. The maximum Gasteiger partial charge on any atom is 0.269 e. The first kappa shape index (κ1) is 15.9. The molecule has 5 nitrogen and oxygen atoms in total. The Hall–Kier alpha value is -2.95. The summed E-state index contributed by atoms with van der Waals surface area (Å²) < 4.78 is 0. The van der Waals surface area contributed by atoms with Crippen LogP contribution in [0.25, 0.3) is 0 Å². The number of benzene rings is 2. The maximum atomic E-state index is 12.2. The van der Waals surface area contributed by atoms with Gasteiger partial charge in [0.25, 0.3) is 5.69 Å². The molecule has 122 valence electrons. The predicted molar refractivity (Wildman–Crippen MR) is 93.3 cm³/mol. The summed E-state index contributed by atoms with van der Waals surface area (Å²) in [4.78, 5) is 22.4. The third kappa shape index (κ3) is 3.68. The average Bonchev–Trinajstić information content (AvgIpc) is 2.61. The van der Waals surface area contributed by atoms with Gasteiger partial charge in [0, 0.05) is 35.7 Å². The largest absolute Gasteiger partial charge is 0.362 e. The number of nitrogens with one attached hydrogen (secondary N) is 1. The summed E-state index contributed by atoms with van der Waals surface area (Å²) in [6, 6.07) is 12.0. The Balaban J connectivity index is 1.64. The van der Waals surface area contributed by atoms with Crippen molar-refractivity contribution in [1.82, 2.24) is 0 Å². The Morgan fingerprint density at radius 1 is 1.04 bits per heavy atom. The standard InChI is InChI=1S/C19H18N2O3/c22-19(16-6-5-14-3-1-2-4-15(14)13-16)11-12-20-17-7-9-18(10-8-17)21(23)24/h5-13,20H,1-4H2/b12-11-. The number of nitro groups is 1. The van der Waals surface area contributed by atoms with E-state index in [4.69, 9.17) is 0 Å². The highest BCUT2D eigenvalue weighted by Gasteiger charge is 2.11. The van der Waals surface area contributed by atoms with E-state index in [9.17, 15) is 14.9 Å². The molecule has 0 fully saturated rings. The van der Waals surface area contributed by atoms with Crippen molar-refractivity contribution < 1.29 is 9.72 Å². The first-order chi connectivity index (χ1) is 11.6. The van der Waals surface area contributed by atoms with E-state index in [2.05, 4.69) is 11.4 Å². The van der Waals surface area contributed by atoms with Gasteiger partial charge in [-0.3, -0.25) is 14.9 Å². The SMILES string of the molecule is O=C(/C=C\Nc1ccc([N+](=O)[O-])cc1)c1ccc2c(c1)CCCC2. The van der Waals surface area contributed by atoms with Crippen molar-refractivity contribution in [3.63, 3.8) is 0 Å². The van der Waals surface area contributed by atoms with E-state index < -0.39 is 4.92 Å². The van der Waals surface area contributed by atoms with Gasteiger partial charge in [0.15, 0.2) is 5.78 Å². The molecule has 1 aliphatic carbocycles. The molecule has 0 amide bonds. The van der Waals surface area contributed by atoms with Crippen molar-refractivity contribution in [2.75, 3.05) is 5.32 Å². The van der Waals surface area contributed by atoms with Crippen LogP contribution >= 0.6 is 0 Å². The normalized spacial score (nSPS) is 13.5. The number of aryl methyl sites for hydroxylation is 2. The first-order valence-corrected chi connectivity index (χ1v) is 7.97. The van der Waals surface area contributed by atoms with Crippen LogP contribution in [0, 0.1) is 10.1 Å². The second kappa shape index (κ2) is 7.08. The van der Waals surface area contributed by atoms with Crippen LogP contribution in [0.2, 0.25) is 0 Å². The summed E-state index contributed by atoms with van der Waals surface area (Å²) >= 11 is 0. The van der Waals surface area contributed by atoms with Crippen LogP contribution in [0.15, 0.2) is 54.7 Å². The van der Waals surface area contributed by atoms with Crippen LogP contribution in [-0.4, -0.2) is 10.7 Å². The number of carbonyl (C=O) groups excluding carboxylic acids is 1. The fraction of sp³-hybridized carbons (Fsp3) is 0.211. The quantitative estimate of drug-likeness (QED) is 0.386. The molecule has 0 atom stereocenters. The molecule has 24 heavy (non-hydrogen) atoms. The number of hydrogen-bond acceptors (Lipinski definition) is 4. The molecule has 0 saturated carbocycles. The van der Waals surface area contributed by atoms with Gasteiger partial charge < -0.3 is 5.32 Å². The molecule has 0 spiro atoms. The van der Waals surface area contributed by atoms with Crippen molar-refractivity contribution in [1.29, 1.82) is 0 Å². The van der Waals surface area contributed by atoms with Crippen molar-refractivity contribution in [3.8, 4) is 0 Å². The lowest BCUT2D eigenvalue weighted by Gasteiger charge is -2.15. The van der Waals surface area contributed by atoms with E-state index in [0.29, 0.717) is 11.3 Å². The van der Waals surface area contributed by atoms with Gasteiger partial charge in [0.1, 0.15) is 0 Å². The monoisotopic (exact) mass is 322 g/mol. The minimum atomic E-state index is -0.445. The topological polar surface area (TPSA) is 72.2 Å². The summed E-state index contributed by atoms with van der Waals surface area (Å²) in [6.45, 7) is 0. The molecule has 0 radical (unpaired) electrons. The van der Waals surface area contributed by atoms with E-state index in [0.717, 1.165) is 12.8 Å². The molecule has 0 bridgehead atoms. The van der Waals surface area contributed by atoms with Crippen molar-refractivity contribution in [3.05, 3.63) is 81.5 Å². The molecular weight excluding hydrogens is 304 g/mol. The summed E-state index contributed by atoms with van der Waals surface area (Å²) in [5, 5.41) is 13.6. The molecule has 2 aromatic rings. The highest BCUT2D eigenvalue weighted by atomic mass is 16.6. The molecule has 0 aromatic heterocycles. The highest BCUT2D eigenvalue weighted by molar-refractivity contribution is 6.04. The van der Waals surface area contributed by atoms with Gasteiger partial charge in [-0.15, -0.1) is 0 Å². The van der Waals surface area contributed by atoms with Gasteiger partial charge in [0.2, 0.25) is 0 Å². The minimum Gasteiger partial charge on any atom is -0.362 e. The Bertz CT molecular complexity index is 795. The molecule has 0 aliphatic heterocycles. The zero-order chi connectivity index (χ0) is 16.9. The second-order valence-electron chi connectivity index (χ2n) is 5.84. The van der Waals surface area contributed by atoms with Gasteiger partial charge >= 0.3 is 0 Å². The fourth-order valence-corrected chi connectivity index (χ4v) is 2.88. The third-order valence-corrected chi connectivity index (χ3v) is 4.20. The van der Waals surface area contributed by atoms with E-state index in [1.165, 1.54) is 42.2 Å². The molecule has 2 aromatic carbocycles. The zero-order valence-corrected chi connectivity index (χ0v) is 13.2. The molecule has 5 heteroatoms. The van der Waals surface area contributed by atoms with Crippen LogP contribution < -0.4 is 5.32 Å². The molecule has 0 heterocycles. The van der Waals surface area contributed by atoms with Crippen LogP contribution in [-0.2, 0) is 12.8 Å². The maximum absolute atomic E-state index is 12.2. The smallest absolute Gasteiger partial charge is 0.269 e. The molecule has 1 N–H and O–H groups in total. The molecular formula is C19H18N2O3. The number of ketones is 1. The number of nitrogens with zero attached hydrogens (tertiary/aromatic N) is 1. The van der Waals surface area contributed by atoms with E-state index in [-0.39, 0.29) is 11.5 Å². The van der Waals surface area contributed by atoms with Crippen molar-refractivity contribution >= 4 is 17.2 Å². The molecule has 0 saturated heterocycles. The number of hydrogen-bond donors (Lipinski definition) is 1. The highest BCUT2D eigenvalue weighted by Crippen LogP contribution is 2.22. The van der Waals surface area contributed by atoms with Gasteiger partial charge in [-0.1, -0.05) is 12.1 Å². The number of nitro benzene ring substituents is 1. The summed E-state index contributed by atoms with van der Waals surface area (Å²) in [5.41, 5.74) is 4.05. The number of non-ortho nitro benzene ring substituents is 1. The van der Waals surface area contributed by atoms with Crippen LogP contribution in [0.1, 0.15) is 34.3 Å². The van der Waals surface area contributed by atoms with Crippen molar-refractivity contribution in [2.24, 2.45) is 0 Å². The predicted octanol–water partition coefficient (Wildman–Crippen LogP) is 4.28. The number of carbonyl (C=O) groups is 1. The number of anilines is 1. The Kier molecular flexibility index (Phi) is 4.70. The lowest BCUT2D eigenvalue weighted by atomic mass is 9.90. The minimum absolute atomic E-state index is 0.0367. The van der Waals surface area contributed by atoms with Crippen LogP contribution in [0.5, 0.6) is 0 Å². The van der Waals surface area contributed by atoms with Crippen LogP contribution in [0.3, 0.4) is 0 Å². The lowest BCUT2D eigenvalue weighted by molar-refractivity contribution is -0.384. The summed E-state index contributed by atoms with van der Waals surface area (Å²) in [5.74, 6) is -0.0576. The molecule has 1 aliphatic rings.